The summed E-state index contributed by atoms with van der Waals surface area (Å²) in [7, 11) is 0. The average molecular weight is 465 g/mol. The predicted octanol–water partition coefficient (Wildman–Crippen LogP) is 3.75. The third kappa shape index (κ3) is 9.73. The molecule has 0 aliphatic heterocycles. The summed E-state index contributed by atoms with van der Waals surface area (Å²) in [5.74, 6) is -0.633. The normalized spacial score (nSPS) is 12.1. The van der Waals surface area contributed by atoms with E-state index >= 15 is 0 Å². The van der Waals surface area contributed by atoms with Crippen LogP contribution in [-0.2, 0) is 31.9 Å². The van der Waals surface area contributed by atoms with Gasteiger partial charge in [-0.25, -0.2) is 4.79 Å². The van der Waals surface area contributed by atoms with Crippen molar-refractivity contribution in [2.45, 2.75) is 38.8 Å². The fraction of sp³-hybridized carbons (Fsp3) is 0.296. The lowest BCUT2D eigenvalue weighted by molar-refractivity contribution is -0.119. The van der Waals surface area contributed by atoms with E-state index in [9.17, 15) is 14.4 Å². The van der Waals surface area contributed by atoms with Crippen molar-refractivity contribution in [1.29, 1.82) is 0 Å². The topological polar surface area (TPSA) is 93.7 Å². The zero-order chi connectivity index (χ0) is 24.9. The maximum absolute atomic E-state index is 12.3. The Kier molecular flexibility index (Phi) is 10.6. The third-order valence-electron chi connectivity index (χ3n) is 4.90. The lowest BCUT2D eigenvalue weighted by atomic mass is 10.1. The van der Waals surface area contributed by atoms with Crippen molar-refractivity contribution >= 4 is 18.0 Å². The largest absolute Gasteiger partial charge is 0.508 e. The van der Waals surface area contributed by atoms with Gasteiger partial charge in [0.05, 0.1) is 12.1 Å². The van der Waals surface area contributed by atoms with Gasteiger partial charge in [-0.3, -0.25) is 9.59 Å². The van der Waals surface area contributed by atoms with Gasteiger partial charge in [-0.2, -0.15) is 0 Å². The Balaban J connectivity index is 1.94. The highest BCUT2D eigenvalue weighted by molar-refractivity contribution is 5.92. The molecule has 0 heterocycles. The van der Waals surface area contributed by atoms with Crippen LogP contribution in [0.5, 0.6) is 0 Å². The number of carbonyl (C=O) groups is 3. The number of hydrogen-bond donors (Lipinski definition) is 2. The maximum Gasteiger partial charge on any atom is 0.508 e. The Labute approximate surface area is 200 Å². The van der Waals surface area contributed by atoms with Crippen molar-refractivity contribution in [1.82, 2.24) is 10.6 Å². The lowest BCUT2D eigenvalue weighted by Crippen LogP contribution is -2.42. The smallest absolute Gasteiger partial charge is 0.432 e. The van der Waals surface area contributed by atoms with Gasteiger partial charge in [-0.1, -0.05) is 73.8 Å². The number of benzene rings is 2. The van der Waals surface area contributed by atoms with Crippen molar-refractivity contribution in [3.8, 4) is 0 Å². The van der Waals surface area contributed by atoms with Crippen LogP contribution in [0.4, 0.5) is 4.79 Å². The fourth-order valence-electron chi connectivity index (χ4n) is 3.10. The molecule has 0 unspecified atom stereocenters. The van der Waals surface area contributed by atoms with E-state index in [-0.39, 0.29) is 25.0 Å². The number of rotatable bonds is 12. The molecule has 0 aliphatic rings. The zero-order valence-corrected chi connectivity index (χ0v) is 19.7. The second-order valence-electron chi connectivity index (χ2n) is 8.15. The van der Waals surface area contributed by atoms with Crippen LogP contribution in [0.25, 0.3) is 0 Å². The first-order valence-corrected chi connectivity index (χ1v) is 11.0. The first-order valence-electron chi connectivity index (χ1n) is 11.0. The van der Waals surface area contributed by atoms with Crippen molar-refractivity contribution in [3.63, 3.8) is 0 Å². The minimum Gasteiger partial charge on any atom is -0.432 e. The van der Waals surface area contributed by atoms with E-state index in [0.29, 0.717) is 24.0 Å². The molecule has 0 spiro atoms. The van der Waals surface area contributed by atoms with E-state index < -0.39 is 18.2 Å². The summed E-state index contributed by atoms with van der Waals surface area (Å²) in [6, 6.07) is 18.2. The molecule has 2 amide bonds. The summed E-state index contributed by atoms with van der Waals surface area (Å²) in [6.07, 6.45) is 0.0573. The second-order valence-corrected chi connectivity index (χ2v) is 8.15. The monoisotopic (exact) mass is 464 g/mol. The molecule has 34 heavy (non-hydrogen) atoms. The summed E-state index contributed by atoms with van der Waals surface area (Å²) >= 11 is 0. The van der Waals surface area contributed by atoms with Gasteiger partial charge in [-0.05, 0) is 37.8 Å². The quantitative estimate of drug-likeness (QED) is 0.369. The number of hydrogen-bond acceptors (Lipinski definition) is 5. The molecular weight excluding hydrogens is 432 g/mol. The van der Waals surface area contributed by atoms with Crippen LogP contribution in [0.1, 0.15) is 25.0 Å². The lowest BCUT2D eigenvalue weighted by Gasteiger charge is -2.21. The van der Waals surface area contributed by atoms with Crippen LogP contribution in [0.2, 0.25) is 0 Å². The fourth-order valence-corrected chi connectivity index (χ4v) is 3.10. The number of amides is 2. The third-order valence-corrected chi connectivity index (χ3v) is 4.90. The van der Waals surface area contributed by atoms with E-state index in [4.69, 9.17) is 9.47 Å². The minimum absolute atomic E-state index is 0.0752. The molecule has 2 aromatic rings. The van der Waals surface area contributed by atoms with E-state index in [1.54, 1.807) is 13.8 Å². The van der Waals surface area contributed by atoms with Crippen LogP contribution in [0.15, 0.2) is 85.0 Å². The Morgan fingerprint density at radius 3 is 1.38 bits per heavy atom. The minimum atomic E-state index is -0.884. The molecule has 7 nitrogen and oxygen atoms in total. The Morgan fingerprint density at radius 2 is 1.06 bits per heavy atom. The van der Waals surface area contributed by atoms with Crippen LogP contribution in [0, 0.1) is 0 Å². The number of ether oxygens (including phenoxy) is 2. The predicted molar refractivity (Wildman–Crippen MR) is 131 cm³/mol. The molecule has 0 bridgehead atoms. The van der Waals surface area contributed by atoms with Crippen LogP contribution < -0.4 is 10.6 Å². The molecule has 2 N–H and O–H groups in total. The Bertz CT molecular complexity index is 909. The molecule has 180 valence electrons. The molecular formula is C27H32N2O5. The first kappa shape index (κ1) is 26.4. The van der Waals surface area contributed by atoms with Crippen LogP contribution >= 0.6 is 0 Å². The summed E-state index contributed by atoms with van der Waals surface area (Å²) in [5.41, 5.74) is 2.68. The molecule has 2 atom stereocenters. The van der Waals surface area contributed by atoms with E-state index in [1.807, 2.05) is 60.7 Å². The number of nitrogens with one attached hydrogen (secondary N) is 2. The molecule has 0 saturated carbocycles. The van der Waals surface area contributed by atoms with Crippen molar-refractivity contribution < 1.29 is 23.9 Å². The zero-order valence-electron chi connectivity index (χ0n) is 19.7. The summed E-state index contributed by atoms with van der Waals surface area (Å²) in [4.78, 5) is 36.5. The maximum atomic E-state index is 12.3. The van der Waals surface area contributed by atoms with Gasteiger partial charge in [0.25, 0.3) is 0 Å². The van der Waals surface area contributed by atoms with Gasteiger partial charge in [-0.15, -0.1) is 0 Å². The molecule has 0 aromatic heterocycles. The second kappa shape index (κ2) is 13.6. The standard InChI is InChI=1S/C27H32N2O5/c1-19(2)25(30)28-23(15-21-11-7-5-8-12-21)17-33-27(32)34-18-24(29-26(31)20(3)4)16-22-13-9-6-10-14-22/h5-14,23-24H,1,3,15-18H2,2,4H3,(H,28,30)(H,29,31)/t23-,24-/m1/s1. The van der Waals surface area contributed by atoms with Gasteiger partial charge in [0.2, 0.25) is 11.8 Å². The highest BCUT2D eigenvalue weighted by Gasteiger charge is 2.19. The molecule has 0 saturated heterocycles. The van der Waals surface area contributed by atoms with Gasteiger partial charge in [0, 0.05) is 11.1 Å². The van der Waals surface area contributed by atoms with Gasteiger partial charge in [0.1, 0.15) is 13.2 Å². The van der Waals surface area contributed by atoms with Gasteiger partial charge < -0.3 is 20.1 Å². The SMILES string of the molecule is C=C(C)C(=O)N[C@@H](COC(=O)OC[C@@H](Cc1ccccc1)NC(=O)C(=C)C)Cc1ccccc1. The summed E-state index contributed by atoms with van der Waals surface area (Å²) in [5, 5.41) is 5.64. The number of carbonyl (C=O) groups excluding carboxylic acids is 3. The van der Waals surface area contributed by atoms with Crippen LogP contribution in [0.3, 0.4) is 0 Å². The molecule has 2 aromatic carbocycles. The van der Waals surface area contributed by atoms with Crippen LogP contribution in [-0.4, -0.2) is 43.3 Å². The Hall–Kier alpha value is -3.87. The molecule has 0 fully saturated rings. The summed E-state index contributed by atoms with van der Waals surface area (Å²) < 4.78 is 10.5. The van der Waals surface area contributed by atoms with Gasteiger partial charge in [0.15, 0.2) is 0 Å². The molecule has 0 radical (unpaired) electrons. The summed E-state index contributed by atoms with van der Waals surface area (Å²) in [6.45, 7) is 10.4. The van der Waals surface area contributed by atoms with Crippen molar-refractivity contribution in [2.75, 3.05) is 13.2 Å². The highest BCUT2D eigenvalue weighted by atomic mass is 16.7. The first-order chi connectivity index (χ1) is 16.2. The Morgan fingerprint density at radius 1 is 0.706 bits per heavy atom. The van der Waals surface area contributed by atoms with E-state index in [2.05, 4.69) is 23.8 Å². The van der Waals surface area contributed by atoms with Gasteiger partial charge >= 0.3 is 6.16 Å². The van der Waals surface area contributed by atoms with Crippen molar-refractivity contribution in [2.24, 2.45) is 0 Å². The molecule has 7 heteroatoms. The average Bonchev–Trinajstić information content (AvgIpc) is 2.82. The molecule has 2 rings (SSSR count). The van der Waals surface area contributed by atoms with E-state index in [0.717, 1.165) is 11.1 Å². The van der Waals surface area contributed by atoms with Crippen molar-refractivity contribution in [3.05, 3.63) is 96.1 Å². The molecule has 0 aliphatic carbocycles. The highest BCUT2D eigenvalue weighted by Crippen LogP contribution is 2.07. The van der Waals surface area contributed by atoms with E-state index in [1.165, 1.54) is 0 Å².